The fraction of sp³-hybridized carbons (Fsp3) is 0.286. The maximum absolute atomic E-state index is 6.20. The molecule has 2 rings (SSSR count). The number of benzene rings is 1. The van der Waals surface area contributed by atoms with Gasteiger partial charge < -0.3 is 5.32 Å². The standard InChI is InChI=1S/C14H15Cl2N3/c1-8-6-14(19-10(3)17-8)18-9(2)12-5-4-11(15)7-13(12)16/h4-7,9H,1-3H3,(H,17,18,19). The predicted molar refractivity (Wildman–Crippen MR) is 80.0 cm³/mol. The molecule has 0 aliphatic heterocycles. The van der Waals surface area contributed by atoms with Gasteiger partial charge in [-0.15, -0.1) is 0 Å². The van der Waals surface area contributed by atoms with E-state index in [1.54, 1.807) is 6.07 Å². The highest BCUT2D eigenvalue weighted by Crippen LogP contribution is 2.28. The van der Waals surface area contributed by atoms with Crippen LogP contribution < -0.4 is 5.32 Å². The molecule has 1 aromatic carbocycles. The van der Waals surface area contributed by atoms with Crippen LogP contribution in [0.4, 0.5) is 5.82 Å². The number of nitrogens with one attached hydrogen (secondary N) is 1. The molecule has 0 aliphatic carbocycles. The van der Waals surface area contributed by atoms with Crippen molar-refractivity contribution >= 4 is 29.0 Å². The number of anilines is 1. The number of aromatic nitrogens is 2. The molecule has 5 heteroatoms. The monoisotopic (exact) mass is 295 g/mol. The van der Waals surface area contributed by atoms with Crippen molar-refractivity contribution in [3.63, 3.8) is 0 Å². The summed E-state index contributed by atoms with van der Waals surface area (Å²) >= 11 is 12.1. The molecule has 0 aliphatic rings. The average molecular weight is 296 g/mol. The molecular weight excluding hydrogens is 281 g/mol. The molecule has 1 N–H and O–H groups in total. The van der Waals surface area contributed by atoms with Gasteiger partial charge in [0.2, 0.25) is 0 Å². The van der Waals surface area contributed by atoms with Gasteiger partial charge in [-0.3, -0.25) is 0 Å². The summed E-state index contributed by atoms with van der Waals surface area (Å²) in [6.45, 7) is 5.85. The smallest absolute Gasteiger partial charge is 0.130 e. The molecule has 0 spiro atoms. The summed E-state index contributed by atoms with van der Waals surface area (Å²) < 4.78 is 0. The van der Waals surface area contributed by atoms with Crippen molar-refractivity contribution in [3.8, 4) is 0 Å². The third-order valence-electron chi connectivity index (χ3n) is 2.76. The Balaban J connectivity index is 2.22. The lowest BCUT2D eigenvalue weighted by Crippen LogP contribution is -2.09. The second-order valence-corrected chi connectivity index (χ2v) is 5.32. The number of nitrogens with zero attached hydrogens (tertiary/aromatic N) is 2. The van der Waals surface area contributed by atoms with Gasteiger partial charge in [0, 0.05) is 21.8 Å². The molecular formula is C14H15Cl2N3. The van der Waals surface area contributed by atoms with Gasteiger partial charge >= 0.3 is 0 Å². The Bertz CT molecular complexity index is 579. The topological polar surface area (TPSA) is 37.8 Å². The highest BCUT2D eigenvalue weighted by atomic mass is 35.5. The Morgan fingerprint density at radius 2 is 1.84 bits per heavy atom. The average Bonchev–Trinajstić information content (AvgIpc) is 2.26. The normalized spacial score (nSPS) is 12.3. The molecule has 2 aromatic rings. The first kappa shape index (κ1) is 14.1. The minimum atomic E-state index is 0.0402. The van der Waals surface area contributed by atoms with E-state index in [1.165, 1.54) is 0 Å². The minimum absolute atomic E-state index is 0.0402. The molecule has 0 fully saturated rings. The van der Waals surface area contributed by atoms with Gasteiger partial charge in [0.25, 0.3) is 0 Å². The van der Waals surface area contributed by atoms with Gasteiger partial charge in [-0.05, 0) is 38.5 Å². The van der Waals surface area contributed by atoms with E-state index in [9.17, 15) is 0 Å². The lowest BCUT2D eigenvalue weighted by atomic mass is 10.1. The zero-order valence-electron chi connectivity index (χ0n) is 11.0. The molecule has 1 atom stereocenters. The summed E-state index contributed by atoms with van der Waals surface area (Å²) in [6.07, 6.45) is 0. The van der Waals surface area contributed by atoms with Crippen molar-refractivity contribution in [3.05, 3.63) is 51.4 Å². The van der Waals surface area contributed by atoms with Crippen molar-refractivity contribution in [1.29, 1.82) is 0 Å². The predicted octanol–water partition coefficient (Wildman–Crippen LogP) is 4.57. The number of halogens is 2. The molecule has 1 heterocycles. The van der Waals surface area contributed by atoms with E-state index in [-0.39, 0.29) is 6.04 Å². The van der Waals surface area contributed by atoms with E-state index in [2.05, 4.69) is 15.3 Å². The maximum Gasteiger partial charge on any atom is 0.130 e. The van der Waals surface area contributed by atoms with Crippen LogP contribution >= 0.6 is 23.2 Å². The first-order valence-electron chi connectivity index (χ1n) is 5.99. The molecule has 19 heavy (non-hydrogen) atoms. The van der Waals surface area contributed by atoms with Crippen molar-refractivity contribution < 1.29 is 0 Å². The first-order valence-corrected chi connectivity index (χ1v) is 6.75. The van der Waals surface area contributed by atoms with Crippen LogP contribution in [0.25, 0.3) is 0 Å². The number of hydrogen-bond acceptors (Lipinski definition) is 3. The van der Waals surface area contributed by atoms with E-state index >= 15 is 0 Å². The van der Waals surface area contributed by atoms with Crippen LogP contribution in [0.5, 0.6) is 0 Å². The highest BCUT2D eigenvalue weighted by Gasteiger charge is 2.11. The van der Waals surface area contributed by atoms with Gasteiger partial charge in [-0.1, -0.05) is 29.3 Å². The Labute approximate surface area is 123 Å². The molecule has 0 saturated heterocycles. The van der Waals surface area contributed by atoms with Crippen molar-refractivity contribution in [2.24, 2.45) is 0 Å². The number of aryl methyl sites for hydroxylation is 2. The largest absolute Gasteiger partial charge is 0.363 e. The fourth-order valence-corrected chi connectivity index (χ4v) is 2.52. The Morgan fingerprint density at radius 3 is 2.47 bits per heavy atom. The van der Waals surface area contributed by atoms with Crippen LogP contribution in [-0.2, 0) is 0 Å². The minimum Gasteiger partial charge on any atom is -0.363 e. The third kappa shape index (κ3) is 3.58. The van der Waals surface area contributed by atoms with Gasteiger partial charge in [0.15, 0.2) is 0 Å². The van der Waals surface area contributed by atoms with Crippen molar-refractivity contribution in [1.82, 2.24) is 9.97 Å². The number of hydrogen-bond donors (Lipinski definition) is 1. The van der Waals surface area contributed by atoms with Gasteiger partial charge in [-0.2, -0.15) is 0 Å². The summed E-state index contributed by atoms with van der Waals surface area (Å²) in [5.41, 5.74) is 1.92. The fourth-order valence-electron chi connectivity index (χ4n) is 1.94. The first-order chi connectivity index (χ1) is 8.95. The molecule has 1 aromatic heterocycles. The van der Waals surface area contributed by atoms with E-state index < -0.39 is 0 Å². The second kappa shape index (κ2) is 5.76. The van der Waals surface area contributed by atoms with Crippen LogP contribution in [0, 0.1) is 13.8 Å². The molecule has 0 bridgehead atoms. The molecule has 0 radical (unpaired) electrons. The van der Waals surface area contributed by atoms with E-state index in [4.69, 9.17) is 23.2 Å². The Morgan fingerprint density at radius 1 is 1.11 bits per heavy atom. The number of rotatable bonds is 3. The van der Waals surface area contributed by atoms with Crippen LogP contribution in [0.1, 0.15) is 30.0 Å². The molecule has 1 unspecified atom stereocenters. The Hall–Kier alpha value is -1.32. The van der Waals surface area contributed by atoms with E-state index in [0.717, 1.165) is 22.9 Å². The molecule has 0 amide bonds. The van der Waals surface area contributed by atoms with Crippen LogP contribution in [0.3, 0.4) is 0 Å². The second-order valence-electron chi connectivity index (χ2n) is 4.47. The molecule has 0 saturated carbocycles. The summed E-state index contributed by atoms with van der Waals surface area (Å²) in [6, 6.07) is 7.44. The summed E-state index contributed by atoms with van der Waals surface area (Å²) in [4.78, 5) is 8.60. The maximum atomic E-state index is 6.20. The van der Waals surface area contributed by atoms with Crippen LogP contribution in [0.2, 0.25) is 10.0 Å². The zero-order chi connectivity index (χ0) is 14.0. The van der Waals surface area contributed by atoms with Crippen molar-refractivity contribution in [2.75, 3.05) is 5.32 Å². The zero-order valence-corrected chi connectivity index (χ0v) is 12.5. The quantitative estimate of drug-likeness (QED) is 0.901. The summed E-state index contributed by atoms with van der Waals surface area (Å²) in [7, 11) is 0. The van der Waals surface area contributed by atoms with E-state index in [0.29, 0.717) is 10.0 Å². The summed E-state index contributed by atoms with van der Waals surface area (Å²) in [5, 5.41) is 4.60. The lowest BCUT2D eigenvalue weighted by Gasteiger charge is -2.17. The van der Waals surface area contributed by atoms with Crippen molar-refractivity contribution in [2.45, 2.75) is 26.8 Å². The Kier molecular flexibility index (Phi) is 4.27. The molecule has 100 valence electrons. The SMILES string of the molecule is Cc1cc(NC(C)c2ccc(Cl)cc2Cl)nc(C)n1. The molecule has 3 nitrogen and oxygen atoms in total. The van der Waals surface area contributed by atoms with Gasteiger partial charge in [0.05, 0.1) is 6.04 Å². The summed E-state index contributed by atoms with van der Waals surface area (Å²) in [5.74, 6) is 1.54. The van der Waals surface area contributed by atoms with Crippen LogP contribution in [-0.4, -0.2) is 9.97 Å². The van der Waals surface area contributed by atoms with E-state index in [1.807, 2.05) is 39.0 Å². The third-order valence-corrected chi connectivity index (χ3v) is 3.32. The van der Waals surface area contributed by atoms with Gasteiger partial charge in [-0.25, -0.2) is 9.97 Å². The van der Waals surface area contributed by atoms with Crippen LogP contribution in [0.15, 0.2) is 24.3 Å². The van der Waals surface area contributed by atoms with Gasteiger partial charge in [0.1, 0.15) is 11.6 Å². The highest BCUT2D eigenvalue weighted by molar-refractivity contribution is 6.35. The lowest BCUT2D eigenvalue weighted by molar-refractivity contribution is 0.864.